The lowest BCUT2D eigenvalue weighted by Gasteiger charge is -2.07. The standard InChI is InChI=1S/C15H13N3OS/c1-19-13-10-6-5-9-12(13)16-15-17-14(18-20-15)11-7-3-2-4-8-11/h2-10H,1H3,(H,16,17,18). The van der Waals surface area contributed by atoms with Gasteiger partial charge in [0, 0.05) is 17.1 Å². The molecule has 3 aromatic rings. The molecule has 1 N–H and O–H groups in total. The minimum Gasteiger partial charge on any atom is -0.495 e. The number of methoxy groups -OCH3 is 1. The van der Waals surface area contributed by atoms with Crippen molar-refractivity contribution in [3.63, 3.8) is 0 Å². The van der Waals surface area contributed by atoms with Gasteiger partial charge < -0.3 is 10.1 Å². The fraction of sp³-hybridized carbons (Fsp3) is 0.0667. The summed E-state index contributed by atoms with van der Waals surface area (Å²) >= 11 is 1.33. The van der Waals surface area contributed by atoms with E-state index in [0.717, 1.165) is 28.0 Å². The van der Waals surface area contributed by atoms with Crippen molar-refractivity contribution in [1.29, 1.82) is 0 Å². The fourth-order valence-corrected chi connectivity index (χ4v) is 2.44. The Kier molecular flexibility index (Phi) is 3.60. The molecule has 0 aliphatic heterocycles. The number of benzene rings is 2. The van der Waals surface area contributed by atoms with E-state index in [9.17, 15) is 0 Å². The maximum absolute atomic E-state index is 5.30. The second-order valence-electron chi connectivity index (χ2n) is 4.11. The van der Waals surface area contributed by atoms with Crippen molar-refractivity contribution >= 4 is 22.4 Å². The summed E-state index contributed by atoms with van der Waals surface area (Å²) < 4.78 is 9.67. The molecule has 2 aromatic carbocycles. The molecule has 0 aliphatic carbocycles. The molecule has 0 bridgehead atoms. The van der Waals surface area contributed by atoms with Gasteiger partial charge in [-0.05, 0) is 12.1 Å². The zero-order valence-corrected chi connectivity index (χ0v) is 11.7. The quantitative estimate of drug-likeness (QED) is 0.787. The maximum Gasteiger partial charge on any atom is 0.207 e. The first-order valence-corrected chi connectivity index (χ1v) is 6.93. The van der Waals surface area contributed by atoms with E-state index < -0.39 is 0 Å². The summed E-state index contributed by atoms with van der Waals surface area (Å²) in [5.41, 5.74) is 1.89. The number of hydrogen-bond acceptors (Lipinski definition) is 5. The second kappa shape index (κ2) is 5.71. The van der Waals surface area contributed by atoms with Crippen LogP contribution in [0.5, 0.6) is 5.75 Å². The first kappa shape index (κ1) is 12.6. The smallest absolute Gasteiger partial charge is 0.207 e. The van der Waals surface area contributed by atoms with Gasteiger partial charge >= 0.3 is 0 Å². The zero-order chi connectivity index (χ0) is 13.8. The van der Waals surface area contributed by atoms with E-state index in [1.54, 1.807) is 7.11 Å². The normalized spacial score (nSPS) is 10.2. The Morgan fingerprint density at radius 2 is 1.75 bits per heavy atom. The van der Waals surface area contributed by atoms with Crippen LogP contribution in [0.1, 0.15) is 0 Å². The highest BCUT2D eigenvalue weighted by Crippen LogP contribution is 2.29. The van der Waals surface area contributed by atoms with Crippen molar-refractivity contribution in [2.45, 2.75) is 0 Å². The SMILES string of the molecule is COc1ccccc1Nc1nc(-c2ccccc2)ns1. The van der Waals surface area contributed by atoms with Crippen LogP contribution < -0.4 is 10.1 Å². The average molecular weight is 283 g/mol. The van der Waals surface area contributed by atoms with Gasteiger partial charge in [-0.2, -0.15) is 9.36 Å². The molecule has 0 fully saturated rings. The second-order valence-corrected chi connectivity index (χ2v) is 4.87. The van der Waals surface area contributed by atoms with Crippen molar-refractivity contribution in [2.24, 2.45) is 0 Å². The van der Waals surface area contributed by atoms with Crippen LogP contribution in [0.25, 0.3) is 11.4 Å². The van der Waals surface area contributed by atoms with E-state index in [1.807, 2.05) is 54.6 Å². The minimum absolute atomic E-state index is 0.730. The molecule has 1 heterocycles. The van der Waals surface area contributed by atoms with Crippen LogP contribution in [-0.2, 0) is 0 Å². The van der Waals surface area contributed by atoms with Crippen molar-refractivity contribution in [3.05, 3.63) is 54.6 Å². The molecule has 0 aliphatic rings. The van der Waals surface area contributed by atoms with Gasteiger partial charge in [-0.15, -0.1) is 0 Å². The summed E-state index contributed by atoms with van der Waals surface area (Å²) in [6.45, 7) is 0. The van der Waals surface area contributed by atoms with Crippen molar-refractivity contribution in [1.82, 2.24) is 9.36 Å². The lowest BCUT2D eigenvalue weighted by Crippen LogP contribution is -1.93. The molecule has 3 rings (SSSR count). The lowest BCUT2D eigenvalue weighted by atomic mass is 10.2. The van der Waals surface area contributed by atoms with E-state index in [2.05, 4.69) is 14.7 Å². The Labute approximate surface area is 121 Å². The third kappa shape index (κ3) is 2.62. The van der Waals surface area contributed by atoms with Gasteiger partial charge in [0.25, 0.3) is 0 Å². The summed E-state index contributed by atoms with van der Waals surface area (Å²) in [5, 5.41) is 3.98. The number of aromatic nitrogens is 2. The Balaban J connectivity index is 1.84. The summed E-state index contributed by atoms with van der Waals surface area (Å²) in [4.78, 5) is 4.49. The Bertz CT molecular complexity index is 697. The third-order valence-electron chi connectivity index (χ3n) is 2.81. The zero-order valence-electron chi connectivity index (χ0n) is 10.9. The number of para-hydroxylation sites is 2. The molecule has 0 amide bonds. The van der Waals surface area contributed by atoms with Crippen LogP contribution in [0.2, 0.25) is 0 Å². The minimum atomic E-state index is 0.730. The van der Waals surface area contributed by atoms with Gasteiger partial charge in [-0.25, -0.2) is 0 Å². The van der Waals surface area contributed by atoms with E-state index in [0.29, 0.717) is 0 Å². The van der Waals surface area contributed by atoms with Crippen LogP contribution in [0.4, 0.5) is 10.8 Å². The molecule has 20 heavy (non-hydrogen) atoms. The average Bonchev–Trinajstić information content (AvgIpc) is 2.97. The highest BCUT2D eigenvalue weighted by atomic mass is 32.1. The van der Waals surface area contributed by atoms with E-state index in [4.69, 9.17) is 4.74 Å². The first-order chi connectivity index (χ1) is 9.86. The summed E-state index contributed by atoms with van der Waals surface area (Å²) in [5.74, 6) is 1.51. The number of nitrogens with zero attached hydrogens (tertiary/aromatic N) is 2. The largest absolute Gasteiger partial charge is 0.495 e. The Morgan fingerprint density at radius 1 is 1.00 bits per heavy atom. The van der Waals surface area contributed by atoms with Gasteiger partial charge in [-0.1, -0.05) is 42.5 Å². The van der Waals surface area contributed by atoms with Crippen LogP contribution in [0.15, 0.2) is 54.6 Å². The summed E-state index contributed by atoms with van der Waals surface area (Å²) in [7, 11) is 1.65. The van der Waals surface area contributed by atoms with E-state index in [1.165, 1.54) is 11.5 Å². The molecule has 0 radical (unpaired) electrons. The van der Waals surface area contributed by atoms with E-state index in [-0.39, 0.29) is 0 Å². The number of nitrogens with one attached hydrogen (secondary N) is 1. The molecule has 0 unspecified atom stereocenters. The van der Waals surface area contributed by atoms with Gasteiger partial charge in [0.05, 0.1) is 12.8 Å². The topological polar surface area (TPSA) is 47.0 Å². The summed E-state index contributed by atoms with van der Waals surface area (Å²) in [6.07, 6.45) is 0. The molecule has 4 nitrogen and oxygen atoms in total. The molecule has 0 atom stereocenters. The molecule has 1 aromatic heterocycles. The van der Waals surface area contributed by atoms with Crippen molar-refractivity contribution in [2.75, 3.05) is 12.4 Å². The van der Waals surface area contributed by atoms with Crippen LogP contribution in [0.3, 0.4) is 0 Å². The predicted molar refractivity (Wildman–Crippen MR) is 81.6 cm³/mol. The van der Waals surface area contributed by atoms with Crippen LogP contribution in [0, 0.1) is 0 Å². The van der Waals surface area contributed by atoms with Gasteiger partial charge in [-0.3, -0.25) is 0 Å². The molecular weight excluding hydrogens is 270 g/mol. The highest BCUT2D eigenvalue weighted by molar-refractivity contribution is 7.09. The fourth-order valence-electron chi connectivity index (χ4n) is 1.84. The van der Waals surface area contributed by atoms with E-state index >= 15 is 0 Å². The maximum atomic E-state index is 5.30. The number of rotatable bonds is 4. The molecule has 0 saturated carbocycles. The van der Waals surface area contributed by atoms with Gasteiger partial charge in [0.1, 0.15) is 5.75 Å². The number of ether oxygens (including phenoxy) is 1. The van der Waals surface area contributed by atoms with Crippen molar-refractivity contribution in [3.8, 4) is 17.1 Å². The summed E-state index contributed by atoms with van der Waals surface area (Å²) in [6, 6.07) is 17.6. The Morgan fingerprint density at radius 3 is 2.55 bits per heavy atom. The molecule has 100 valence electrons. The van der Waals surface area contributed by atoms with Crippen LogP contribution >= 0.6 is 11.5 Å². The Hall–Kier alpha value is -2.40. The predicted octanol–water partition coefficient (Wildman–Crippen LogP) is 3.96. The number of hydrogen-bond donors (Lipinski definition) is 1. The monoisotopic (exact) mass is 283 g/mol. The van der Waals surface area contributed by atoms with Crippen molar-refractivity contribution < 1.29 is 4.74 Å². The third-order valence-corrected chi connectivity index (χ3v) is 3.44. The molecule has 5 heteroatoms. The lowest BCUT2D eigenvalue weighted by molar-refractivity contribution is 0.417. The van der Waals surface area contributed by atoms with Crippen LogP contribution in [-0.4, -0.2) is 16.5 Å². The first-order valence-electron chi connectivity index (χ1n) is 6.16. The number of anilines is 2. The molecular formula is C15H13N3OS. The molecule has 0 spiro atoms. The highest BCUT2D eigenvalue weighted by Gasteiger charge is 2.08. The van der Waals surface area contributed by atoms with Gasteiger partial charge in [0.2, 0.25) is 5.13 Å². The van der Waals surface area contributed by atoms with Gasteiger partial charge in [0.15, 0.2) is 5.82 Å². The molecule has 0 saturated heterocycles.